The molecule has 1 fully saturated rings. The van der Waals surface area contributed by atoms with Crippen LogP contribution in [0.5, 0.6) is 0 Å². The predicted octanol–water partition coefficient (Wildman–Crippen LogP) is 2.94. The first-order chi connectivity index (χ1) is 13.1. The minimum absolute atomic E-state index is 0.0132. The number of carbonyl (C=O) groups excluding carboxylic acids is 1. The van der Waals surface area contributed by atoms with Crippen LogP contribution in [0.4, 0.5) is 5.82 Å². The van der Waals surface area contributed by atoms with Crippen molar-refractivity contribution in [2.24, 2.45) is 11.7 Å². The second-order valence-corrected chi connectivity index (χ2v) is 8.57. The zero-order valence-corrected chi connectivity index (χ0v) is 16.0. The number of aromatic nitrogens is 3. The highest BCUT2D eigenvalue weighted by Crippen LogP contribution is 2.43. The highest BCUT2D eigenvalue weighted by atomic mass is 32.1. The summed E-state index contributed by atoms with van der Waals surface area (Å²) >= 11 is 1.80. The zero-order chi connectivity index (χ0) is 18.5. The van der Waals surface area contributed by atoms with Gasteiger partial charge < -0.3 is 10.6 Å². The Bertz CT molecular complexity index is 1030. The number of carbonyl (C=O) groups is 1. The van der Waals surface area contributed by atoms with Crippen molar-refractivity contribution in [2.45, 2.75) is 38.1 Å². The Morgan fingerprint density at radius 2 is 2.15 bits per heavy atom. The zero-order valence-electron chi connectivity index (χ0n) is 15.2. The van der Waals surface area contributed by atoms with Crippen molar-refractivity contribution in [2.75, 3.05) is 11.9 Å². The van der Waals surface area contributed by atoms with E-state index in [0.717, 1.165) is 41.9 Å². The lowest BCUT2D eigenvalue weighted by molar-refractivity contribution is -0.124. The summed E-state index contributed by atoms with van der Waals surface area (Å²) in [6, 6.07) is 4.19. The molecule has 5 rings (SSSR count). The fourth-order valence-electron chi connectivity index (χ4n) is 4.17. The van der Waals surface area contributed by atoms with Crippen LogP contribution in [0, 0.1) is 5.92 Å². The normalized spacial score (nSPS) is 21.1. The van der Waals surface area contributed by atoms with Gasteiger partial charge in [-0.15, -0.1) is 11.3 Å². The van der Waals surface area contributed by atoms with E-state index >= 15 is 0 Å². The molecule has 27 heavy (non-hydrogen) atoms. The van der Waals surface area contributed by atoms with Crippen LogP contribution < -0.4 is 10.6 Å². The molecule has 3 aromatic rings. The lowest BCUT2D eigenvalue weighted by Gasteiger charge is -2.40. The average molecular weight is 379 g/mol. The molecular formula is C20H21N5OS. The summed E-state index contributed by atoms with van der Waals surface area (Å²) in [7, 11) is 2.08. The molecule has 0 aromatic carbocycles. The van der Waals surface area contributed by atoms with Gasteiger partial charge in [0.2, 0.25) is 5.91 Å². The smallest absolute Gasteiger partial charge is 0.220 e. The lowest BCUT2D eigenvalue weighted by Crippen LogP contribution is -2.47. The van der Waals surface area contributed by atoms with Crippen LogP contribution in [0.15, 0.2) is 24.5 Å². The Balaban J connectivity index is 1.61. The van der Waals surface area contributed by atoms with Crippen molar-refractivity contribution in [3.63, 3.8) is 0 Å². The quantitative estimate of drug-likeness (QED) is 0.753. The van der Waals surface area contributed by atoms with Crippen LogP contribution in [0.25, 0.3) is 21.6 Å². The fourth-order valence-corrected chi connectivity index (χ4v) is 5.42. The van der Waals surface area contributed by atoms with Crippen LogP contribution in [0.3, 0.4) is 0 Å². The Hall–Kier alpha value is -2.54. The fraction of sp³-hybridized carbons (Fsp3) is 0.400. The molecule has 1 saturated carbocycles. The molecule has 6 nitrogen and oxygen atoms in total. The monoisotopic (exact) mass is 379 g/mol. The number of thiophene rings is 1. The maximum absolute atomic E-state index is 11.4. The predicted molar refractivity (Wildman–Crippen MR) is 107 cm³/mol. The largest absolute Gasteiger partial charge is 0.369 e. The summed E-state index contributed by atoms with van der Waals surface area (Å²) in [6.07, 6.45) is 8.59. The van der Waals surface area contributed by atoms with Gasteiger partial charge in [0.25, 0.3) is 0 Å². The van der Waals surface area contributed by atoms with Gasteiger partial charge >= 0.3 is 0 Å². The lowest BCUT2D eigenvalue weighted by atomic mass is 9.79. The molecule has 0 bridgehead atoms. The van der Waals surface area contributed by atoms with Crippen molar-refractivity contribution in [1.82, 2.24) is 15.0 Å². The standard InChI is InChI=1S/C20H21N5OS/c1-25(13-8-12(9-13)17(21)26)19-16-14-5-2-6-15(14)27-20(16)24-18(23-19)11-4-3-7-22-10-11/h3-4,7,10,12-13H,2,5-6,8-9H2,1H3,(H2,21,26). The summed E-state index contributed by atoms with van der Waals surface area (Å²) in [4.78, 5) is 30.2. The van der Waals surface area contributed by atoms with E-state index in [1.165, 1.54) is 22.2 Å². The van der Waals surface area contributed by atoms with Crippen molar-refractivity contribution < 1.29 is 4.79 Å². The first-order valence-electron chi connectivity index (χ1n) is 9.36. The summed E-state index contributed by atoms with van der Waals surface area (Å²) in [5.41, 5.74) is 7.80. The minimum atomic E-state index is -0.194. The first-order valence-corrected chi connectivity index (χ1v) is 10.2. The maximum Gasteiger partial charge on any atom is 0.220 e. The Labute approximate surface area is 161 Å². The van der Waals surface area contributed by atoms with Crippen molar-refractivity contribution in [1.29, 1.82) is 0 Å². The van der Waals surface area contributed by atoms with Gasteiger partial charge in [-0.2, -0.15) is 0 Å². The van der Waals surface area contributed by atoms with E-state index in [0.29, 0.717) is 11.9 Å². The number of nitrogens with two attached hydrogens (primary N) is 1. The maximum atomic E-state index is 11.4. The van der Waals surface area contributed by atoms with Gasteiger partial charge in [-0.1, -0.05) is 0 Å². The number of hydrogen-bond acceptors (Lipinski definition) is 6. The van der Waals surface area contributed by atoms with E-state index in [1.54, 1.807) is 23.7 Å². The molecule has 2 N–H and O–H groups in total. The molecule has 3 aromatic heterocycles. The Kier molecular flexibility index (Phi) is 3.86. The average Bonchev–Trinajstić information content (AvgIpc) is 3.20. The number of fused-ring (bicyclic) bond motifs is 3. The molecule has 0 atom stereocenters. The Morgan fingerprint density at radius 3 is 2.89 bits per heavy atom. The van der Waals surface area contributed by atoms with Gasteiger partial charge in [0.05, 0.1) is 5.39 Å². The molecule has 2 aliphatic rings. The summed E-state index contributed by atoms with van der Waals surface area (Å²) in [5, 5.41) is 1.20. The van der Waals surface area contributed by atoms with Crippen LogP contribution in [0.1, 0.15) is 29.7 Å². The number of aryl methyl sites for hydroxylation is 2. The van der Waals surface area contributed by atoms with Crippen LogP contribution in [0.2, 0.25) is 0 Å². The number of rotatable bonds is 4. The number of amides is 1. The third-order valence-electron chi connectivity index (χ3n) is 5.86. The van der Waals surface area contributed by atoms with Crippen molar-refractivity contribution >= 4 is 33.3 Å². The summed E-state index contributed by atoms with van der Waals surface area (Å²) < 4.78 is 0. The summed E-state index contributed by atoms with van der Waals surface area (Å²) in [5.74, 6) is 1.48. The second kappa shape index (κ2) is 6.27. The molecule has 138 valence electrons. The van der Waals surface area contributed by atoms with E-state index in [9.17, 15) is 4.79 Å². The molecule has 0 aliphatic heterocycles. The van der Waals surface area contributed by atoms with Gasteiger partial charge in [-0.25, -0.2) is 9.97 Å². The molecule has 0 spiro atoms. The Morgan fingerprint density at radius 1 is 1.30 bits per heavy atom. The van der Waals surface area contributed by atoms with Crippen molar-refractivity contribution in [3.05, 3.63) is 35.0 Å². The van der Waals surface area contributed by atoms with Gasteiger partial charge in [-0.05, 0) is 49.8 Å². The van der Waals surface area contributed by atoms with E-state index < -0.39 is 0 Å². The topological polar surface area (TPSA) is 85.0 Å². The first kappa shape index (κ1) is 16.6. The highest BCUT2D eigenvalue weighted by Gasteiger charge is 2.37. The third kappa shape index (κ3) is 2.68. The van der Waals surface area contributed by atoms with Gasteiger partial charge in [0, 0.05) is 41.8 Å². The van der Waals surface area contributed by atoms with Crippen molar-refractivity contribution in [3.8, 4) is 11.4 Å². The minimum Gasteiger partial charge on any atom is -0.369 e. The van der Waals surface area contributed by atoms with Crippen LogP contribution in [-0.4, -0.2) is 33.9 Å². The van der Waals surface area contributed by atoms with Gasteiger partial charge in [0.15, 0.2) is 5.82 Å². The number of hydrogen-bond donors (Lipinski definition) is 1. The third-order valence-corrected chi connectivity index (χ3v) is 7.05. The highest BCUT2D eigenvalue weighted by molar-refractivity contribution is 7.19. The number of primary amides is 1. The molecule has 0 unspecified atom stereocenters. The number of pyridine rings is 1. The second-order valence-electron chi connectivity index (χ2n) is 7.49. The van der Waals surface area contributed by atoms with E-state index in [2.05, 4.69) is 16.9 Å². The molecule has 0 radical (unpaired) electrons. The SMILES string of the molecule is CN(c1nc(-c2cccnc2)nc2sc3c(c12)CCC3)C1CC(C(N)=O)C1. The molecule has 0 saturated heterocycles. The molecule has 1 amide bonds. The van der Waals surface area contributed by atoms with E-state index in [4.69, 9.17) is 15.7 Å². The van der Waals surface area contributed by atoms with E-state index in [1.807, 2.05) is 12.1 Å². The van der Waals surface area contributed by atoms with E-state index in [-0.39, 0.29) is 11.8 Å². The van der Waals surface area contributed by atoms with Crippen LogP contribution >= 0.6 is 11.3 Å². The van der Waals surface area contributed by atoms with Gasteiger partial charge in [-0.3, -0.25) is 9.78 Å². The molecule has 7 heteroatoms. The summed E-state index contributed by atoms with van der Waals surface area (Å²) in [6.45, 7) is 0. The molecule has 2 aliphatic carbocycles. The number of anilines is 1. The molecule has 3 heterocycles. The number of nitrogens with zero attached hydrogens (tertiary/aromatic N) is 4. The molecular weight excluding hydrogens is 358 g/mol. The van der Waals surface area contributed by atoms with Gasteiger partial charge in [0.1, 0.15) is 10.6 Å². The van der Waals surface area contributed by atoms with Crippen LogP contribution in [-0.2, 0) is 17.6 Å².